The minimum Gasteiger partial charge on any atom is -0.378 e. The van der Waals surface area contributed by atoms with Gasteiger partial charge >= 0.3 is 0 Å². The van der Waals surface area contributed by atoms with E-state index in [1.165, 1.54) is 11.3 Å². The molecule has 2 aromatic carbocycles. The molecule has 144 valence electrons. The number of rotatable bonds is 6. The normalized spacial score (nSPS) is 14.4. The van der Waals surface area contributed by atoms with Gasteiger partial charge in [0.25, 0.3) is 0 Å². The number of nitrogens with one attached hydrogen (secondary N) is 1. The van der Waals surface area contributed by atoms with Crippen LogP contribution < -0.4 is 10.2 Å². The Balaban J connectivity index is 1.61. The Morgan fingerprint density at radius 1 is 1.19 bits per heavy atom. The molecule has 1 saturated heterocycles. The van der Waals surface area contributed by atoms with Gasteiger partial charge in [0.2, 0.25) is 5.91 Å². The zero-order valence-corrected chi connectivity index (χ0v) is 16.8. The van der Waals surface area contributed by atoms with Gasteiger partial charge in [-0.25, -0.2) is 0 Å². The quantitative estimate of drug-likeness (QED) is 0.788. The lowest BCUT2D eigenvalue weighted by Crippen LogP contribution is -2.37. The van der Waals surface area contributed by atoms with Crippen LogP contribution in [0.25, 0.3) is 0 Å². The second kappa shape index (κ2) is 9.42. The van der Waals surface area contributed by atoms with Gasteiger partial charge in [0.15, 0.2) is 0 Å². The molecule has 3 rings (SSSR count). The first-order chi connectivity index (χ1) is 13.0. The fourth-order valence-corrected chi connectivity index (χ4v) is 3.47. The van der Waals surface area contributed by atoms with E-state index in [1.54, 1.807) is 18.2 Å². The van der Waals surface area contributed by atoms with Gasteiger partial charge in [0, 0.05) is 30.3 Å². The van der Waals surface area contributed by atoms with E-state index in [0.29, 0.717) is 22.3 Å². The lowest BCUT2D eigenvalue weighted by Gasteiger charge is -2.31. The maximum atomic E-state index is 12.4. The summed E-state index contributed by atoms with van der Waals surface area (Å²) in [6.45, 7) is 4.17. The molecule has 0 bridgehead atoms. The van der Waals surface area contributed by atoms with Crippen LogP contribution >= 0.6 is 23.2 Å². The molecule has 0 saturated carbocycles. The number of carbonyl (C=O) groups is 1. The maximum Gasteiger partial charge on any atom is 0.238 e. The molecule has 27 heavy (non-hydrogen) atoms. The Morgan fingerprint density at radius 3 is 2.70 bits per heavy atom. The molecular weight excluding hydrogens is 385 g/mol. The highest BCUT2D eigenvalue weighted by atomic mass is 35.5. The number of nitrogens with zero attached hydrogens (tertiary/aromatic N) is 2. The fraction of sp³-hybridized carbons (Fsp3) is 0.350. The van der Waals surface area contributed by atoms with Crippen LogP contribution in [0.3, 0.4) is 0 Å². The van der Waals surface area contributed by atoms with Crippen molar-refractivity contribution in [2.24, 2.45) is 0 Å². The van der Waals surface area contributed by atoms with Crippen LogP contribution in [-0.2, 0) is 16.1 Å². The van der Waals surface area contributed by atoms with Crippen molar-refractivity contribution in [2.75, 3.05) is 50.1 Å². The molecule has 7 heteroatoms. The van der Waals surface area contributed by atoms with E-state index < -0.39 is 0 Å². The molecule has 1 fully saturated rings. The standard InChI is InChI=1S/C20H23Cl2N3O2/c1-24(14-20(26)23-18-12-16(21)6-7-17(18)22)13-15-4-2-3-5-19(15)25-8-10-27-11-9-25/h2-7,12H,8-11,13-14H2,1H3,(H,23,26). The Morgan fingerprint density at radius 2 is 1.93 bits per heavy atom. The summed E-state index contributed by atoms with van der Waals surface area (Å²) in [6.07, 6.45) is 0. The molecule has 1 N–H and O–H groups in total. The zero-order valence-electron chi connectivity index (χ0n) is 15.3. The number of halogens is 2. The second-order valence-electron chi connectivity index (χ2n) is 6.57. The van der Waals surface area contributed by atoms with Gasteiger partial charge in [0.1, 0.15) is 0 Å². The number of morpholine rings is 1. The summed E-state index contributed by atoms with van der Waals surface area (Å²) >= 11 is 12.1. The van der Waals surface area contributed by atoms with Gasteiger partial charge < -0.3 is 15.0 Å². The minimum absolute atomic E-state index is 0.134. The molecule has 0 unspecified atom stereocenters. The van der Waals surface area contributed by atoms with Crippen molar-refractivity contribution >= 4 is 40.5 Å². The lowest BCUT2D eigenvalue weighted by molar-refractivity contribution is -0.117. The highest BCUT2D eigenvalue weighted by Crippen LogP contribution is 2.26. The van der Waals surface area contributed by atoms with Gasteiger partial charge in [-0.05, 0) is 36.9 Å². The van der Waals surface area contributed by atoms with Crippen molar-refractivity contribution in [1.82, 2.24) is 4.90 Å². The predicted molar refractivity (Wildman–Crippen MR) is 111 cm³/mol. The maximum absolute atomic E-state index is 12.4. The van der Waals surface area contributed by atoms with Crippen molar-refractivity contribution in [2.45, 2.75) is 6.54 Å². The van der Waals surface area contributed by atoms with E-state index in [0.717, 1.165) is 26.3 Å². The summed E-state index contributed by atoms with van der Waals surface area (Å²) in [4.78, 5) is 16.7. The monoisotopic (exact) mass is 407 g/mol. The third-order valence-electron chi connectivity index (χ3n) is 4.40. The molecule has 1 heterocycles. The molecule has 0 aliphatic carbocycles. The van der Waals surface area contributed by atoms with Crippen LogP contribution in [0.2, 0.25) is 10.0 Å². The van der Waals surface area contributed by atoms with Crippen LogP contribution in [0.4, 0.5) is 11.4 Å². The summed E-state index contributed by atoms with van der Waals surface area (Å²) in [6, 6.07) is 13.3. The van der Waals surface area contributed by atoms with Crippen molar-refractivity contribution in [3.8, 4) is 0 Å². The number of hydrogen-bond donors (Lipinski definition) is 1. The predicted octanol–water partition coefficient (Wildman–Crippen LogP) is 3.90. The van der Waals surface area contributed by atoms with Gasteiger partial charge in [-0.1, -0.05) is 41.4 Å². The van der Waals surface area contributed by atoms with Crippen molar-refractivity contribution in [1.29, 1.82) is 0 Å². The summed E-state index contributed by atoms with van der Waals surface area (Å²) < 4.78 is 5.44. The Bertz CT molecular complexity index is 795. The lowest BCUT2D eigenvalue weighted by atomic mass is 10.1. The van der Waals surface area contributed by atoms with Crippen LogP contribution in [0.15, 0.2) is 42.5 Å². The molecule has 1 aliphatic heterocycles. The first-order valence-electron chi connectivity index (χ1n) is 8.87. The summed E-state index contributed by atoms with van der Waals surface area (Å²) in [5.41, 5.74) is 2.91. The SMILES string of the molecule is CN(CC(=O)Nc1cc(Cl)ccc1Cl)Cc1ccccc1N1CCOCC1. The molecule has 1 amide bonds. The van der Waals surface area contributed by atoms with Crippen LogP contribution in [-0.4, -0.2) is 50.7 Å². The number of amides is 1. The van der Waals surface area contributed by atoms with Crippen molar-refractivity contribution < 1.29 is 9.53 Å². The summed E-state index contributed by atoms with van der Waals surface area (Å²) in [5, 5.41) is 3.82. The molecule has 0 atom stereocenters. The van der Waals surface area contributed by atoms with E-state index >= 15 is 0 Å². The van der Waals surface area contributed by atoms with Crippen LogP contribution in [0.5, 0.6) is 0 Å². The number of carbonyl (C=O) groups excluding carboxylic acids is 1. The number of ether oxygens (including phenoxy) is 1. The Labute approximate surface area is 169 Å². The topological polar surface area (TPSA) is 44.8 Å². The Kier molecular flexibility index (Phi) is 6.96. The molecular formula is C20H23Cl2N3O2. The largest absolute Gasteiger partial charge is 0.378 e. The molecule has 0 spiro atoms. The van der Waals surface area contributed by atoms with Crippen molar-refractivity contribution in [3.63, 3.8) is 0 Å². The first kappa shape index (κ1) is 20.0. The average molecular weight is 408 g/mol. The van der Waals surface area contributed by atoms with E-state index in [-0.39, 0.29) is 12.5 Å². The molecule has 1 aliphatic rings. The third-order valence-corrected chi connectivity index (χ3v) is 4.96. The van der Waals surface area contributed by atoms with Crippen LogP contribution in [0.1, 0.15) is 5.56 Å². The highest BCUT2D eigenvalue weighted by Gasteiger charge is 2.16. The average Bonchev–Trinajstić information content (AvgIpc) is 2.65. The van der Waals surface area contributed by atoms with Gasteiger partial charge in [-0.2, -0.15) is 0 Å². The number of hydrogen-bond acceptors (Lipinski definition) is 4. The van der Waals surface area contributed by atoms with E-state index in [4.69, 9.17) is 27.9 Å². The van der Waals surface area contributed by atoms with E-state index in [2.05, 4.69) is 22.3 Å². The second-order valence-corrected chi connectivity index (χ2v) is 7.42. The molecule has 0 aromatic heterocycles. The molecule has 2 aromatic rings. The number of likely N-dealkylation sites (N-methyl/N-ethyl adjacent to an activating group) is 1. The smallest absolute Gasteiger partial charge is 0.238 e. The van der Waals surface area contributed by atoms with E-state index in [9.17, 15) is 4.79 Å². The summed E-state index contributed by atoms with van der Waals surface area (Å²) in [5.74, 6) is -0.134. The first-order valence-corrected chi connectivity index (χ1v) is 9.62. The van der Waals surface area contributed by atoms with E-state index in [1.807, 2.05) is 24.1 Å². The number of benzene rings is 2. The number of para-hydroxylation sites is 1. The van der Waals surface area contributed by atoms with Crippen molar-refractivity contribution in [3.05, 3.63) is 58.1 Å². The van der Waals surface area contributed by atoms with Crippen LogP contribution in [0, 0.1) is 0 Å². The molecule has 5 nitrogen and oxygen atoms in total. The zero-order chi connectivity index (χ0) is 19.2. The summed E-state index contributed by atoms with van der Waals surface area (Å²) in [7, 11) is 1.93. The van der Waals surface area contributed by atoms with Gasteiger partial charge in [-0.3, -0.25) is 9.69 Å². The number of anilines is 2. The Hall–Kier alpha value is -1.79. The van der Waals surface area contributed by atoms with Gasteiger partial charge in [-0.15, -0.1) is 0 Å². The third kappa shape index (κ3) is 5.59. The highest BCUT2D eigenvalue weighted by molar-refractivity contribution is 6.35. The minimum atomic E-state index is -0.134. The van der Waals surface area contributed by atoms with Gasteiger partial charge in [0.05, 0.1) is 30.5 Å². The fourth-order valence-electron chi connectivity index (χ4n) is 3.13. The molecule has 0 radical (unpaired) electrons.